The van der Waals surface area contributed by atoms with E-state index >= 15 is 0 Å². The fraction of sp³-hybridized carbons (Fsp3) is 0.200. The van der Waals surface area contributed by atoms with Crippen molar-refractivity contribution in [2.45, 2.75) is 25.8 Å². The lowest BCUT2D eigenvalue weighted by Gasteiger charge is -2.26. The van der Waals surface area contributed by atoms with Gasteiger partial charge >= 0.3 is 0 Å². The number of pyridine rings is 2. The van der Waals surface area contributed by atoms with Crippen LogP contribution in [0, 0.1) is 5.82 Å². The molecule has 1 aliphatic heterocycles. The van der Waals surface area contributed by atoms with Gasteiger partial charge in [0.15, 0.2) is 0 Å². The molecule has 3 aromatic rings. The Bertz CT molecular complexity index is 1170. The molecule has 28 heavy (non-hydrogen) atoms. The molecule has 3 heterocycles. The maximum atomic E-state index is 14.0. The van der Waals surface area contributed by atoms with Crippen LogP contribution in [-0.4, -0.2) is 26.8 Å². The van der Waals surface area contributed by atoms with Gasteiger partial charge in [0.05, 0.1) is 11.7 Å². The number of amides is 1. The number of aryl methyl sites for hydroxylation is 1. The van der Waals surface area contributed by atoms with E-state index in [4.69, 9.17) is 0 Å². The molecule has 2 N–H and O–H groups in total. The Kier molecular flexibility index (Phi) is 4.38. The van der Waals surface area contributed by atoms with Gasteiger partial charge in [-0.3, -0.25) is 14.6 Å². The maximum absolute atomic E-state index is 14.0. The minimum Gasteiger partial charge on any atom is -0.506 e. The number of aromatic hydroxyl groups is 1. The van der Waals surface area contributed by atoms with Crippen LogP contribution in [0.25, 0.3) is 10.9 Å². The van der Waals surface area contributed by atoms with Gasteiger partial charge in [-0.25, -0.2) is 9.82 Å². The van der Waals surface area contributed by atoms with Crippen LogP contribution in [0.15, 0.2) is 46.6 Å². The summed E-state index contributed by atoms with van der Waals surface area (Å²) in [6.45, 7) is 1.85. The fourth-order valence-electron chi connectivity index (χ4n) is 3.56. The van der Waals surface area contributed by atoms with Crippen LogP contribution in [0.3, 0.4) is 0 Å². The van der Waals surface area contributed by atoms with Crippen LogP contribution in [0.5, 0.6) is 5.75 Å². The van der Waals surface area contributed by atoms with Crippen molar-refractivity contribution in [3.8, 4) is 5.75 Å². The number of rotatable bonds is 3. The molecule has 0 fully saturated rings. The highest BCUT2D eigenvalue weighted by molar-refractivity contribution is 6.03. The average molecular weight is 380 g/mol. The Morgan fingerprint density at radius 2 is 2.29 bits per heavy atom. The molecule has 1 atom stereocenters. The summed E-state index contributed by atoms with van der Waals surface area (Å²) in [5.41, 5.74) is 2.92. The number of halogens is 1. The molecular weight excluding hydrogens is 363 g/mol. The van der Waals surface area contributed by atoms with Crippen molar-refractivity contribution >= 4 is 23.0 Å². The molecule has 2 aromatic heterocycles. The van der Waals surface area contributed by atoms with Gasteiger partial charge in [0.2, 0.25) is 0 Å². The van der Waals surface area contributed by atoms with Crippen LogP contribution >= 0.6 is 0 Å². The summed E-state index contributed by atoms with van der Waals surface area (Å²) in [7, 11) is 0. The third-order valence-electron chi connectivity index (χ3n) is 4.88. The quantitative estimate of drug-likeness (QED) is 0.539. The minimum atomic E-state index is -0.864. The Labute approximate surface area is 159 Å². The highest BCUT2D eigenvalue weighted by Gasteiger charge is 2.28. The Balaban J connectivity index is 1.80. The van der Waals surface area contributed by atoms with Crippen molar-refractivity contribution in [3.63, 3.8) is 0 Å². The fourth-order valence-corrected chi connectivity index (χ4v) is 3.56. The van der Waals surface area contributed by atoms with Gasteiger partial charge in [-0.2, -0.15) is 5.10 Å². The van der Waals surface area contributed by atoms with Crippen molar-refractivity contribution in [2.75, 3.05) is 0 Å². The number of nitrogens with zero attached hydrogens (tertiary/aromatic N) is 3. The number of aromatic nitrogens is 2. The van der Waals surface area contributed by atoms with E-state index in [-0.39, 0.29) is 11.4 Å². The molecule has 1 unspecified atom stereocenters. The van der Waals surface area contributed by atoms with Crippen LogP contribution in [-0.2, 0) is 6.42 Å². The molecule has 0 bridgehead atoms. The van der Waals surface area contributed by atoms with E-state index in [2.05, 4.69) is 15.5 Å². The molecule has 7 nitrogen and oxygen atoms in total. The smallest absolute Gasteiger partial charge is 0.280 e. The molecule has 1 aromatic carbocycles. The number of hydrogen-bond acceptors (Lipinski definition) is 5. The predicted molar refractivity (Wildman–Crippen MR) is 102 cm³/mol. The predicted octanol–water partition coefficient (Wildman–Crippen LogP) is 2.51. The summed E-state index contributed by atoms with van der Waals surface area (Å²) in [6.07, 6.45) is 5.75. The first-order valence-electron chi connectivity index (χ1n) is 8.80. The number of hydrazone groups is 1. The second-order valence-corrected chi connectivity index (χ2v) is 6.73. The van der Waals surface area contributed by atoms with E-state index in [1.54, 1.807) is 24.5 Å². The van der Waals surface area contributed by atoms with E-state index in [1.165, 1.54) is 16.8 Å². The maximum Gasteiger partial charge on any atom is 0.280 e. The highest BCUT2D eigenvalue weighted by atomic mass is 19.1. The summed E-state index contributed by atoms with van der Waals surface area (Å²) >= 11 is 0. The minimum absolute atomic E-state index is 0.141. The van der Waals surface area contributed by atoms with Gasteiger partial charge in [-0.05, 0) is 43.5 Å². The molecule has 8 heteroatoms. The SMILES string of the molecule is CC1CCc2cc(F)cc3c(O)c(C(=O)N/N=C/c4cccnc4)c(=O)n1c23. The third kappa shape index (κ3) is 2.92. The van der Waals surface area contributed by atoms with E-state index in [0.29, 0.717) is 29.5 Å². The molecule has 4 rings (SSSR count). The number of benzene rings is 1. The van der Waals surface area contributed by atoms with E-state index < -0.39 is 28.6 Å². The lowest BCUT2D eigenvalue weighted by Crippen LogP contribution is -2.34. The average Bonchev–Trinajstić information content (AvgIpc) is 2.67. The number of hydrogen-bond donors (Lipinski definition) is 2. The van der Waals surface area contributed by atoms with Gasteiger partial charge < -0.3 is 9.67 Å². The molecule has 1 aliphatic rings. The summed E-state index contributed by atoms with van der Waals surface area (Å²) in [6, 6.07) is 5.77. The number of carbonyl (C=O) groups excluding carboxylic acids is 1. The van der Waals surface area contributed by atoms with Crippen molar-refractivity contribution < 1.29 is 14.3 Å². The Morgan fingerprint density at radius 1 is 1.46 bits per heavy atom. The van der Waals surface area contributed by atoms with Crippen molar-refractivity contribution in [3.05, 3.63) is 69.5 Å². The summed E-state index contributed by atoms with van der Waals surface area (Å²) < 4.78 is 15.5. The van der Waals surface area contributed by atoms with Crippen molar-refractivity contribution in [1.82, 2.24) is 15.0 Å². The van der Waals surface area contributed by atoms with Gasteiger partial charge in [0, 0.05) is 29.4 Å². The lowest BCUT2D eigenvalue weighted by molar-refractivity contribution is 0.0950. The monoisotopic (exact) mass is 380 g/mol. The lowest BCUT2D eigenvalue weighted by atomic mass is 9.95. The molecular formula is C20H17FN4O3. The number of carbonyl (C=O) groups is 1. The molecule has 0 spiro atoms. The molecule has 0 saturated heterocycles. The topological polar surface area (TPSA) is 96.6 Å². The third-order valence-corrected chi connectivity index (χ3v) is 4.88. The van der Waals surface area contributed by atoms with Crippen molar-refractivity contribution in [2.24, 2.45) is 5.10 Å². The largest absolute Gasteiger partial charge is 0.506 e. The van der Waals surface area contributed by atoms with Crippen LogP contribution < -0.4 is 11.0 Å². The van der Waals surface area contributed by atoms with Crippen LogP contribution in [0.4, 0.5) is 4.39 Å². The van der Waals surface area contributed by atoms with Gasteiger partial charge in [-0.15, -0.1) is 0 Å². The first-order chi connectivity index (χ1) is 13.5. The summed E-state index contributed by atoms with van der Waals surface area (Å²) in [5, 5.41) is 14.5. The summed E-state index contributed by atoms with van der Waals surface area (Å²) in [4.78, 5) is 29.5. The highest BCUT2D eigenvalue weighted by Crippen LogP contribution is 2.35. The normalized spacial score (nSPS) is 15.9. The second-order valence-electron chi connectivity index (χ2n) is 6.73. The van der Waals surface area contributed by atoms with E-state index in [1.807, 2.05) is 6.92 Å². The molecule has 0 saturated carbocycles. The molecule has 0 aliphatic carbocycles. The first kappa shape index (κ1) is 17.8. The van der Waals surface area contributed by atoms with Gasteiger partial charge in [0.25, 0.3) is 11.5 Å². The standard InChI is InChI=1S/C20H17FN4O3/c1-11-4-5-13-7-14(21)8-15-17(13)25(11)20(28)16(18(15)26)19(27)24-23-10-12-3-2-6-22-9-12/h2-3,6-11,26H,4-5H2,1H3,(H,24,27)/b23-10+. The van der Waals surface area contributed by atoms with Gasteiger partial charge in [-0.1, -0.05) is 6.07 Å². The van der Waals surface area contributed by atoms with Crippen LogP contribution in [0.1, 0.15) is 40.9 Å². The second kappa shape index (κ2) is 6.88. The molecule has 1 amide bonds. The zero-order valence-corrected chi connectivity index (χ0v) is 15.0. The van der Waals surface area contributed by atoms with Gasteiger partial charge in [0.1, 0.15) is 17.1 Å². The molecule has 0 radical (unpaired) electrons. The zero-order valence-electron chi connectivity index (χ0n) is 15.0. The van der Waals surface area contributed by atoms with Crippen LogP contribution in [0.2, 0.25) is 0 Å². The molecule has 142 valence electrons. The van der Waals surface area contributed by atoms with Crippen molar-refractivity contribution in [1.29, 1.82) is 0 Å². The summed E-state index contributed by atoms with van der Waals surface area (Å²) in [5.74, 6) is -1.93. The van der Waals surface area contributed by atoms with E-state index in [9.17, 15) is 19.1 Å². The first-order valence-corrected chi connectivity index (χ1v) is 8.80. The Morgan fingerprint density at radius 3 is 3.04 bits per heavy atom. The number of nitrogens with one attached hydrogen (secondary N) is 1. The Hall–Kier alpha value is -3.55. The zero-order chi connectivity index (χ0) is 19.8. The van der Waals surface area contributed by atoms with E-state index in [0.717, 1.165) is 6.07 Å².